The molecule has 3 unspecified atom stereocenters. The Labute approximate surface area is 485 Å². The molecular formula is C54H59F3N18O11. The van der Waals surface area contributed by atoms with Crippen LogP contribution in [0.25, 0.3) is 33.5 Å². The number of morpholine rings is 1. The maximum Gasteiger partial charge on any atom is 0.471 e. The van der Waals surface area contributed by atoms with Crippen molar-refractivity contribution >= 4 is 81.6 Å². The van der Waals surface area contributed by atoms with Crippen LogP contribution in [0.4, 0.5) is 30.6 Å². The maximum atomic E-state index is 13.1. The van der Waals surface area contributed by atoms with E-state index in [1.807, 2.05) is 56.4 Å². The van der Waals surface area contributed by atoms with Crippen molar-refractivity contribution < 1.29 is 65.6 Å². The Morgan fingerprint density at radius 3 is 1.76 bits per heavy atom. The largest absolute Gasteiger partial charge is 0.471 e. The fourth-order valence-corrected chi connectivity index (χ4v) is 11.2. The zero-order valence-corrected chi connectivity index (χ0v) is 46.6. The van der Waals surface area contributed by atoms with Gasteiger partial charge in [-0.15, -0.1) is 0 Å². The molecule has 452 valence electrons. The topological polar surface area (TPSA) is 386 Å². The number of carbonyl (C=O) groups excluding carboxylic acids is 5. The summed E-state index contributed by atoms with van der Waals surface area (Å²) in [4.78, 5) is 96.4. The van der Waals surface area contributed by atoms with Crippen LogP contribution < -0.4 is 33.2 Å². The Kier molecular flexibility index (Phi) is 16.6. The second-order valence-corrected chi connectivity index (χ2v) is 20.4. The van der Waals surface area contributed by atoms with Crippen LogP contribution in [0.15, 0.2) is 98.6 Å². The minimum absolute atomic E-state index is 0.0559. The van der Waals surface area contributed by atoms with Crippen LogP contribution in [0, 0.1) is 11.8 Å². The fraction of sp³-hybridized carbons (Fsp3) is 0.407. The van der Waals surface area contributed by atoms with Crippen LogP contribution in [0.2, 0.25) is 0 Å². The second-order valence-electron chi connectivity index (χ2n) is 20.4. The van der Waals surface area contributed by atoms with Gasteiger partial charge in [-0.25, -0.2) is 44.9 Å². The summed E-state index contributed by atoms with van der Waals surface area (Å²) >= 11 is 0. The lowest BCUT2D eigenvalue weighted by molar-refractivity contribution is -0.237. The van der Waals surface area contributed by atoms with E-state index in [0.29, 0.717) is 59.6 Å². The van der Waals surface area contributed by atoms with Gasteiger partial charge in [0.2, 0.25) is 11.6 Å². The average molecular weight is 1190 g/mol. The summed E-state index contributed by atoms with van der Waals surface area (Å²) in [5, 5.41) is 7.61. The molecular weight excluding hydrogens is 1130 g/mol. The monoisotopic (exact) mass is 1190 g/mol. The normalized spacial score (nSPS) is 27.4. The molecule has 4 saturated heterocycles. The first-order chi connectivity index (χ1) is 41.3. The van der Waals surface area contributed by atoms with Crippen LogP contribution in [-0.2, 0) is 54.2 Å². The van der Waals surface area contributed by atoms with Crippen LogP contribution in [0.5, 0.6) is 0 Å². The molecule has 12 rings (SSSR count). The Morgan fingerprint density at radius 2 is 1.20 bits per heavy atom. The molecule has 4 aliphatic heterocycles. The van der Waals surface area contributed by atoms with Crippen molar-refractivity contribution in [2.75, 3.05) is 16.8 Å². The van der Waals surface area contributed by atoms with Gasteiger partial charge < -0.3 is 61.6 Å². The number of carbonyl (C=O) groups is 5. The third-order valence-corrected chi connectivity index (χ3v) is 15.9. The zero-order chi connectivity index (χ0) is 61.3. The smallest absolute Gasteiger partial charge is 0.435 e. The van der Waals surface area contributed by atoms with E-state index in [1.54, 1.807) is 59.0 Å². The number of amides is 3. The highest BCUT2D eigenvalue weighted by atomic mass is 19.4. The van der Waals surface area contributed by atoms with E-state index in [4.69, 9.17) is 45.6 Å². The van der Waals surface area contributed by atoms with Crippen LogP contribution in [0.3, 0.4) is 0 Å². The highest BCUT2D eigenvalue weighted by Crippen LogP contribution is 2.48. The molecule has 6 aromatic heterocycles. The number of nitrogens with zero attached hydrogens (tertiary/aromatic N) is 12. The molecule has 0 radical (unpaired) electrons. The number of ether oxygens (including phenoxy) is 6. The summed E-state index contributed by atoms with van der Waals surface area (Å²) in [6.07, 6.45) is 1.44. The molecule has 12 atom stereocenters. The quantitative estimate of drug-likeness (QED) is 0.0746. The first-order valence-corrected chi connectivity index (χ1v) is 27.0. The third kappa shape index (κ3) is 10.7. The van der Waals surface area contributed by atoms with Crippen molar-refractivity contribution in [3.8, 4) is 0 Å². The van der Waals surface area contributed by atoms with E-state index in [-0.39, 0.29) is 53.6 Å². The Morgan fingerprint density at radius 1 is 0.686 bits per heavy atom. The van der Waals surface area contributed by atoms with Crippen LogP contribution >= 0.6 is 0 Å². The fourth-order valence-electron chi connectivity index (χ4n) is 11.2. The van der Waals surface area contributed by atoms with Crippen molar-refractivity contribution in [1.82, 2.24) is 69.2 Å². The molecule has 10 heterocycles. The Hall–Kier alpha value is -9.37. The van der Waals surface area contributed by atoms with Crippen molar-refractivity contribution in [3.05, 3.63) is 110 Å². The van der Waals surface area contributed by atoms with Gasteiger partial charge in [0.25, 0.3) is 24.8 Å². The minimum Gasteiger partial charge on any atom is -0.435 e. The average Bonchev–Trinajstić information content (AvgIpc) is 2.06. The number of fused-ring (bicyclic) bond motifs is 5. The second kappa shape index (κ2) is 23.9. The van der Waals surface area contributed by atoms with Crippen LogP contribution in [0.1, 0.15) is 88.5 Å². The summed E-state index contributed by atoms with van der Waals surface area (Å²) in [5.74, 6) is -5.90. The predicted octanol–water partition coefficient (Wildman–Crippen LogP) is 3.92. The highest BCUT2D eigenvalue weighted by molar-refractivity contribution is 6.06. The van der Waals surface area contributed by atoms with Crippen LogP contribution in [-0.4, -0.2) is 137 Å². The third-order valence-electron chi connectivity index (χ3n) is 15.9. The molecule has 3 amide bonds. The molecule has 0 aliphatic carbocycles. The van der Waals surface area contributed by atoms with Gasteiger partial charge in [-0.1, -0.05) is 83.1 Å². The summed E-state index contributed by atoms with van der Waals surface area (Å²) in [6, 6.07) is 16.2. The van der Waals surface area contributed by atoms with Crippen molar-refractivity contribution in [2.45, 2.75) is 127 Å². The lowest BCUT2D eigenvalue weighted by Crippen LogP contribution is -2.49. The van der Waals surface area contributed by atoms with Gasteiger partial charge in [0.15, 0.2) is 64.2 Å². The van der Waals surface area contributed by atoms with E-state index in [1.165, 1.54) is 30.5 Å². The van der Waals surface area contributed by atoms with E-state index < -0.39 is 78.0 Å². The van der Waals surface area contributed by atoms with E-state index in [9.17, 15) is 37.1 Å². The molecule has 2 bridgehead atoms. The molecule has 4 fully saturated rings. The van der Waals surface area contributed by atoms with E-state index >= 15 is 0 Å². The summed E-state index contributed by atoms with van der Waals surface area (Å²) < 4.78 is 78.8. The van der Waals surface area contributed by atoms with Crippen molar-refractivity contribution in [2.24, 2.45) is 17.6 Å². The van der Waals surface area contributed by atoms with Gasteiger partial charge >= 0.3 is 12.1 Å². The number of aromatic nitrogens is 12. The number of halogens is 3. The molecule has 9 N–H and O–H groups in total. The maximum absolute atomic E-state index is 13.1. The van der Waals surface area contributed by atoms with Crippen molar-refractivity contribution in [1.29, 1.82) is 0 Å². The number of alkyl halides is 3. The first-order valence-electron chi connectivity index (χ1n) is 27.0. The molecule has 32 heteroatoms. The molecule has 86 heavy (non-hydrogen) atoms. The molecule has 8 aromatic rings. The van der Waals surface area contributed by atoms with Gasteiger partial charge in [-0.2, -0.15) is 13.2 Å². The standard InChI is InChI=1S/C22H21F3N6O5.C19H20N6O3.C13H18N6O3/c1-3-21(35-11-32)12(2)14(29-20(34)22(23,24)25)19(36-21)31-10-28-15-16(26-9-27-17(15)31)30-18(33)13-7-5-4-6-8-13;1-2-19-14(27-8-11-6-4-3-5-7-11)12(24-18(19)26)17(28-19)25-10-23-13-15(20)21-9-22-16(13)25;1-3-13(21-6-20)7(2)8(14)12(22-13)19-5-18-9-10(15)16-4-17-11(9)19/h4-12,14,19H,3H2,1-2H3,(H,29,34)(H,26,27,30,33);3-7,9-10,12,14,17H,2,8H2,1H3,(H,24,26)(H2,20,21,22);4-8,12H,3,14H2,1-2H3,(H2,15,16,17)/t12?,14-,19+,21+;12-,14?,17+,19+;7?,8-,12+,13+/m000/s1. The van der Waals surface area contributed by atoms with Gasteiger partial charge in [0, 0.05) is 30.2 Å². The Bertz CT molecular complexity index is 3790. The van der Waals surface area contributed by atoms with E-state index in [2.05, 4.69) is 55.5 Å². The number of benzene rings is 2. The zero-order valence-electron chi connectivity index (χ0n) is 46.6. The lowest BCUT2D eigenvalue weighted by atomic mass is 9.92. The number of rotatable bonds is 16. The van der Waals surface area contributed by atoms with Gasteiger partial charge in [-0.3, -0.25) is 37.7 Å². The molecule has 2 aromatic carbocycles. The number of hydrogen-bond acceptors (Lipinski definition) is 23. The SMILES string of the molecule is CC[C@@]1(OC=O)O[C@@H](n2cnc3c(N)ncnc32)[C@@H](N)C1C.CC[C@@]1(OC=O)O[C@@H](n2cnc3c(NC(=O)c4ccccc4)ncnc32)[C@@H](NC(=O)C(F)(F)F)C1C.CC[C@]12O[C@@H](n3cnc4c(N)ncnc43)[C@@H](NC1=O)C2OCc1ccccc1. The number of imidazole rings is 3. The summed E-state index contributed by atoms with van der Waals surface area (Å²) in [5.41, 5.74) is 20.6. The highest BCUT2D eigenvalue weighted by Gasteiger charge is 2.66. The summed E-state index contributed by atoms with van der Waals surface area (Å²) in [6.45, 7) is 9.73. The minimum atomic E-state index is -5.15. The number of anilines is 3. The number of nitrogens with one attached hydrogen (secondary N) is 3. The molecule has 0 spiro atoms. The van der Waals surface area contributed by atoms with Crippen molar-refractivity contribution in [3.63, 3.8) is 0 Å². The predicted molar refractivity (Wildman–Crippen MR) is 294 cm³/mol. The Balaban J connectivity index is 0.000000147. The summed E-state index contributed by atoms with van der Waals surface area (Å²) in [7, 11) is 0. The number of hydrogen-bond donors (Lipinski definition) is 6. The van der Waals surface area contributed by atoms with Gasteiger partial charge in [-0.05, 0) is 24.1 Å². The molecule has 29 nitrogen and oxygen atoms in total. The first kappa shape index (κ1) is 59.8. The molecule has 0 saturated carbocycles. The number of nitrogen functional groups attached to an aromatic ring is 2. The van der Waals surface area contributed by atoms with Gasteiger partial charge in [0.1, 0.15) is 42.2 Å². The lowest BCUT2D eigenvalue weighted by Gasteiger charge is -2.30. The van der Waals surface area contributed by atoms with Gasteiger partial charge in [0.05, 0.1) is 37.7 Å². The number of nitrogens with two attached hydrogens (primary N) is 3. The van der Waals surface area contributed by atoms with E-state index in [0.717, 1.165) is 11.9 Å². The molecule has 4 aliphatic rings.